The van der Waals surface area contributed by atoms with Crippen LogP contribution in [0.15, 0.2) is 92.2 Å². The number of hydrogen-bond donors (Lipinski definition) is 2. The zero-order valence-corrected chi connectivity index (χ0v) is 42.4. The van der Waals surface area contributed by atoms with Crippen molar-refractivity contribution < 1.29 is 61.7 Å². The van der Waals surface area contributed by atoms with Gasteiger partial charge in [-0.2, -0.15) is 0 Å². The molecule has 4 saturated heterocycles. The number of fused-ring (bicyclic) bond motifs is 9. The molecule has 5 aliphatic rings. The van der Waals surface area contributed by atoms with Gasteiger partial charge in [0.15, 0.2) is 11.7 Å². The molecule has 8 bridgehead atoms. The fourth-order valence-electron chi connectivity index (χ4n) is 10.2. The summed E-state index contributed by atoms with van der Waals surface area (Å²) in [5, 5.41) is 22.2. The summed E-state index contributed by atoms with van der Waals surface area (Å²) < 4.78 is 61.8. The maximum Gasteiger partial charge on any atom is 0.330 e. The third kappa shape index (κ3) is 14.9. The molecule has 0 saturated carbocycles. The lowest BCUT2D eigenvalue weighted by Crippen LogP contribution is -2.52. The topological polar surface area (TPSA) is 183 Å². The maximum absolute atomic E-state index is 13.4. The van der Waals surface area contributed by atoms with Crippen molar-refractivity contribution in [1.29, 1.82) is 0 Å². The van der Waals surface area contributed by atoms with Crippen LogP contribution in [-0.4, -0.2) is 120 Å². The van der Waals surface area contributed by atoms with Crippen LogP contribution in [0.4, 0.5) is 0 Å². The van der Waals surface area contributed by atoms with E-state index in [2.05, 4.69) is 22.5 Å². The number of oxazole rings is 2. The summed E-state index contributed by atoms with van der Waals surface area (Å²) in [6.07, 6.45) is 21.5. The van der Waals surface area contributed by atoms with Gasteiger partial charge < -0.3 is 56.9 Å². The first-order chi connectivity index (χ1) is 33.2. The monoisotopic (exact) mass is 1020 g/mol. The van der Waals surface area contributed by atoms with Crippen LogP contribution in [-0.2, 0) is 49.1 Å². The Labute approximate surface area is 414 Å². The van der Waals surface area contributed by atoms with E-state index < -0.39 is 48.4 Å². The summed E-state index contributed by atoms with van der Waals surface area (Å²) >= 11 is 3.30. The lowest BCUT2D eigenvalue weighted by molar-refractivity contribution is -0.298. The van der Waals surface area contributed by atoms with Crippen molar-refractivity contribution in [2.24, 2.45) is 5.92 Å². The Kier molecular flexibility index (Phi) is 19.2. The minimum absolute atomic E-state index is 0.105. The molecule has 2 N–H and O–H groups in total. The van der Waals surface area contributed by atoms with E-state index in [4.69, 9.17) is 56.7 Å². The number of carbonyl (C=O) groups excluding carboxylic acids is 1. The highest BCUT2D eigenvalue weighted by Gasteiger charge is 2.46. The molecule has 7 rings (SSSR count). The van der Waals surface area contributed by atoms with E-state index in [1.54, 1.807) is 44.9 Å². The van der Waals surface area contributed by atoms with Gasteiger partial charge in [0.05, 0.1) is 67.5 Å². The van der Waals surface area contributed by atoms with Gasteiger partial charge in [0, 0.05) is 65.4 Å². The second-order valence-electron chi connectivity index (χ2n) is 19.2. The molecule has 0 aromatic carbocycles. The highest BCUT2D eigenvalue weighted by molar-refractivity contribution is 9.11. The quantitative estimate of drug-likeness (QED) is 0.110. The fraction of sp³-hybridized carbons (Fsp3) is 0.604. The Balaban J connectivity index is 1.06. The van der Waals surface area contributed by atoms with Gasteiger partial charge in [0.2, 0.25) is 5.89 Å². The zero-order chi connectivity index (χ0) is 49.1. The molecular formula is C53H71BrN2O13. The number of nitrogens with zero attached hydrogens (tertiary/aromatic N) is 2. The molecule has 0 spiro atoms. The summed E-state index contributed by atoms with van der Waals surface area (Å²) in [5.41, 5.74) is 4.03. The average molecular weight is 1020 g/mol. The lowest BCUT2D eigenvalue weighted by Gasteiger charge is -2.43. The Morgan fingerprint density at radius 1 is 0.971 bits per heavy atom. The third-order valence-electron chi connectivity index (χ3n) is 13.7. The van der Waals surface area contributed by atoms with Crippen LogP contribution in [0.5, 0.6) is 0 Å². The van der Waals surface area contributed by atoms with Crippen LogP contribution in [0, 0.1) is 5.92 Å². The van der Waals surface area contributed by atoms with E-state index in [9.17, 15) is 15.0 Å². The fourth-order valence-corrected chi connectivity index (χ4v) is 10.4. The molecule has 0 unspecified atom stereocenters. The number of methoxy groups -OCH3 is 3. The Morgan fingerprint density at radius 3 is 2.55 bits per heavy atom. The zero-order valence-electron chi connectivity index (χ0n) is 40.8. The van der Waals surface area contributed by atoms with Crippen LogP contribution >= 0.6 is 15.9 Å². The minimum atomic E-state index is -1.18. The molecule has 0 radical (unpaired) electrons. The summed E-state index contributed by atoms with van der Waals surface area (Å²) in [4.78, 5) is 24.8. The van der Waals surface area contributed by atoms with Crippen LogP contribution in [0.3, 0.4) is 0 Å². The molecule has 4 fully saturated rings. The van der Waals surface area contributed by atoms with Crippen LogP contribution in [0.25, 0.3) is 12.2 Å². The van der Waals surface area contributed by atoms with Crippen molar-refractivity contribution in [2.75, 3.05) is 21.3 Å². The summed E-state index contributed by atoms with van der Waals surface area (Å²) in [6, 6.07) is 0. The number of hydrogen-bond acceptors (Lipinski definition) is 15. The Morgan fingerprint density at radius 2 is 1.77 bits per heavy atom. The molecule has 7 heterocycles. The second kappa shape index (κ2) is 25.0. The molecule has 14 atom stereocenters. The van der Waals surface area contributed by atoms with E-state index in [-0.39, 0.29) is 49.0 Å². The predicted molar refractivity (Wildman–Crippen MR) is 262 cm³/mol. The van der Waals surface area contributed by atoms with E-state index in [1.165, 1.54) is 6.08 Å². The number of rotatable bonds is 13. The van der Waals surface area contributed by atoms with Crippen LogP contribution < -0.4 is 0 Å². The number of esters is 1. The van der Waals surface area contributed by atoms with E-state index in [1.807, 2.05) is 63.3 Å². The van der Waals surface area contributed by atoms with Gasteiger partial charge in [-0.05, 0) is 75.1 Å². The first kappa shape index (κ1) is 53.0. The van der Waals surface area contributed by atoms with Gasteiger partial charge in [0.1, 0.15) is 36.1 Å². The standard InChI is InChI=1S/C53H71BrN2O13/c1-32(16-17-38(60-5)13-10-18-54)21-45(58)48-27-43(61-6)28-53(62-7,69-48)29-50-55-36(30-63-50)22-34(3)52-35(4)46-26-40(67-52)11-8-14-49-56-44(31-64-49)47-24-37(57)23-42(66-47)25-41-20-33(2)19-39(65-41)12-9-15-51(59)68-46/h8-10,14-18,21-22,30-31,35,37-43,45-48,52,57-58H,2,11-13,19-20,23-29H2,1,3-7H3/b14-8+,15-9-,17-16+,18-10+,32-21+,34-22+/t35-,37-,38-,39+,40-,41-,42+,43-,45-,46+,47-,48-,52+,53+/m1/s1. The highest BCUT2D eigenvalue weighted by Crippen LogP contribution is 2.39. The van der Waals surface area contributed by atoms with Crippen LogP contribution in [0.1, 0.15) is 121 Å². The van der Waals surface area contributed by atoms with Gasteiger partial charge in [-0.15, -0.1) is 0 Å². The van der Waals surface area contributed by atoms with E-state index >= 15 is 0 Å². The van der Waals surface area contributed by atoms with Crippen molar-refractivity contribution in [2.45, 2.75) is 177 Å². The molecule has 69 heavy (non-hydrogen) atoms. The largest absolute Gasteiger partial charge is 0.459 e. The van der Waals surface area contributed by atoms with Crippen molar-refractivity contribution >= 4 is 34.1 Å². The van der Waals surface area contributed by atoms with Gasteiger partial charge in [-0.1, -0.05) is 77.0 Å². The molecule has 2 aromatic heterocycles. The summed E-state index contributed by atoms with van der Waals surface area (Å²) in [5.74, 6) is -1.00. The average Bonchev–Trinajstić information content (AvgIpc) is 3.98. The van der Waals surface area contributed by atoms with Gasteiger partial charge >= 0.3 is 5.97 Å². The van der Waals surface area contributed by atoms with E-state index in [0.29, 0.717) is 93.8 Å². The van der Waals surface area contributed by atoms with Gasteiger partial charge in [-0.25, -0.2) is 14.8 Å². The van der Waals surface area contributed by atoms with Crippen molar-refractivity contribution in [3.63, 3.8) is 0 Å². The molecule has 16 heteroatoms. The maximum atomic E-state index is 13.4. The Bertz CT molecular complexity index is 2190. The molecule has 5 aliphatic heterocycles. The number of allylic oxidation sites excluding steroid dienone is 2. The molecule has 378 valence electrons. The molecule has 2 aromatic rings. The van der Waals surface area contributed by atoms with Crippen molar-refractivity contribution in [3.8, 4) is 0 Å². The summed E-state index contributed by atoms with van der Waals surface area (Å²) in [6.45, 7) is 10.2. The van der Waals surface area contributed by atoms with Crippen molar-refractivity contribution in [1.82, 2.24) is 9.97 Å². The number of ether oxygens (including phenoxy) is 8. The van der Waals surface area contributed by atoms with Gasteiger partial charge in [0.25, 0.3) is 0 Å². The van der Waals surface area contributed by atoms with E-state index in [0.717, 1.165) is 16.7 Å². The number of carbonyl (C=O) groups is 1. The number of aliphatic hydroxyl groups excluding tert-OH is 2. The SMILES string of the molecule is C=C1C[C@@H]2C[C@@H]3C[C@@H](O)C[C@@H](O3)c3coc(n3)/C=C/C[C@@H]3C[C@H](OC(=O)/C=C\C[C@@H](C1)O2)[C@@H](C)[C@H](/C(C)=C/c1coc(C[C@]2(OC)C[C@H](OC)C[C@H]([C@H](O)/C=C(C)/C=C/[C@@H](C/C=C/Br)OC)O2)n1)O3. The summed E-state index contributed by atoms with van der Waals surface area (Å²) in [7, 11) is 4.88. The number of halogens is 1. The number of aliphatic hydroxyl groups is 2. The normalized spacial score (nSPS) is 35.1. The lowest BCUT2D eigenvalue weighted by atomic mass is 9.85. The van der Waals surface area contributed by atoms with Gasteiger partial charge in [-0.3, -0.25) is 0 Å². The highest BCUT2D eigenvalue weighted by atomic mass is 79.9. The molecular weight excluding hydrogens is 952 g/mol. The van der Waals surface area contributed by atoms with Crippen molar-refractivity contribution in [3.05, 3.63) is 107 Å². The molecule has 0 amide bonds. The number of aromatic nitrogens is 2. The molecule has 15 nitrogen and oxygen atoms in total. The predicted octanol–water partition coefficient (Wildman–Crippen LogP) is 9.17. The smallest absolute Gasteiger partial charge is 0.330 e. The first-order valence-electron chi connectivity index (χ1n) is 24.2. The third-order valence-corrected chi connectivity index (χ3v) is 14.1. The van der Waals surface area contributed by atoms with Crippen LogP contribution in [0.2, 0.25) is 0 Å². The molecule has 0 aliphatic carbocycles. The minimum Gasteiger partial charge on any atom is -0.459 e. The first-order valence-corrected chi connectivity index (χ1v) is 25.2. The second-order valence-corrected chi connectivity index (χ2v) is 19.7. The Hall–Kier alpha value is -3.81.